The summed E-state index contributed by atoms with van der Waals surface area (Å²) >= 11 is 0. The number of nitrogens with zero attached hydrogens (tertiary/aromatic N) is 2. The molecule has 1 heterocycles. The Morgan fingerprint density at radius 2 is 1.95 bits per heavy atom. The maximum atomic E-state index is 13.1. The Bertz CT molecular complexity index is 722. The van der Waals surface area contributed by atoms with Crippen LogP contribution in [0.3, 0.4) is 0 Å². The molecule has 3 nitrogen and oxygen atoms in total. The van der Waals surface area contributed by atoms with Gasteiger partial charge in [-0.15, -0.1) is 5.10 Å². The molecule has 0 aliphatic rings. The van der Waals surface area contributed by atoms with Crippen molar-refractivity contribution in [1.82, 2.24) is 10.2 Å². The zero-order valence-electron chi connectivity index (χ0n) is 10.9. The average Bonchev–Trinajstić information content (AvgIpc) is 2.48. The Kier molecular flexibility index (Phi) is 3.54. The maximum Gasteiger partial charge on any atom is 0.156 e. The van der Waals surface area contributed by atoms with E-state index in [-0.39, 0.29) is 5.82 Å². The molecule has 0 spiro atoms. The third kappa shape index (κ3) is 2.74. The van der Waals surface area contributed by atoms with Crippen LogP contribution in [0.25, 0.3) is 10.8 Å². The van der Waals surface area contributed by atoms with Gasteiger partial charge in [0.15, 0.2) is 5.82 Å². The molecule has 1 aromatic heterocycles. The van der Waals surface area contributed by atoms with E-state index < -0.39 is 0 Å². The number of hydrogen-bond donors (Lipinski definition) is 1. The van der Waals surface area contributed by atoms with Crippen molar-refractivity contribution in [3.8, 4) is 0 Å². The monoisotopic (exact) mass is 267 g/mol. The molecule has 0 fully saturated rings. The third-order valence-electron chi connectivity index (χ3n) is 3.17. The molecule has 0 radical (unpaired) electrons. The molecule has 1 N–H and O–H groups in total. The number of rotatable bonds is 4. The lowest BCUT2D eigenvalue weighted by molar-refractivity contribution is 0.625. The lowest BCUT2D eigenvalue weighted by atomic mass is 10.1. The van der Waals surface area contributed by atoms with Gasteiger partial charge in [-0.3, -0.25) is 0 Å². The molecule has 3 aromatic rings. The Labute approximate surface area is 116 Å². The molecule has 0 bridgehead atoms. The quantitative estimate of drug-likeness (QED) is 0.787. The van der Waals surface area contributed by atoms with Crippen LogP contribution in [0, 0.1) is 5.82 Å². The van der Waals surface area contributed by atoms with E-state index in [1.54, 1.807) is 18.3 Å². The molecule has 0 aliphatic heterocycles. The van der Waals surface area contributed by atoms with Crippen LogP contribution in [0.2, 0.25) is 0 Å². The minimum absolute atomic E-state index is 0.201. The van der Waals surface area contributed by atoms with E-state index in [4.69, 9.17) is 0 Å². The second-order valence-electron chi connectivity index (χ2n) is 4.59. The van der Waals surface area contributed by atoms with Crippen molar-refractivity contribution >= 4 is 16.6 Å². The Morgan fingerprint density at radius 3 is 2.85 bits per heavy atom. The van der Waals surface area contributed by atoms with Crippen molar-refractivity contribution in [3.05, 3.63) is 66.1 Å². The molecule has 0 aliphatic carbocycles. The number of hydrogen-bond acceptors (Lipinski definition) is 3. The normalized spacial score (nSPS) is 10.7. The van der Waals surface area contributed by atoms with Gasteiger partial charge in [0.05, 0.1) is 6.20 Å². The summed E-state index contributed by atoms with van der Waals surface area (Å²) in [6, 6.07) is 14.6. The summed E-state index contributed by atoms with van der Waals surface area (Å²) in [6.45, 7) is 0.687. The fraction of sp³-hybridized carbons (Fsp3) is 0.125. The lowest BCUT2D eigenvalue weighted by Gasteiger charge is -2.07. The predicted molar refractivity (Wildman–Crippen MR) is 78.1 cm³/mol. The highest BCUT2D eigenvalue weighted by molar-refractivity contribution is 5.90. The predicted octanol–water partition coefficient (Wildman–Crippen LogP) is 3.42. The van der Waals surface area contributed by atoms with Crippen LogP contribution in [-0.2, 0) is 6.42 Å². The fourth-order valence-electron chi connectivity index (χ4n) is 2.18. The van der Waals surface area contributed by atoms with Crippen molar-refractivity contribution in [2.24, 2.45) is 0 Å². The van der Waals surface area contributed by atoms with Crippen LogP contribution in [-0.4, -0.2) is 16.7 Å². The van der Waals surface area contributed by atoms with Gasteiger partial charge in [0.25, 0.3) is 0 Å². The van der Waals surface area contributed by atoms with Gasteiger partial charge in [-0.1, -0.05) is 36.4 Å². The van der Waals surface area contributed by atoms with Crippen LogP contribution in [0.5, 0.6) is 0 Å². The highest BCUT2D eigenvalue weighted by Crippen LogP contribution is 2.19. The number of anilines is 1. The SMILES string of the molecule is Fc1cccc(CCNc2nncc3ccccc23)c1. The van der Waals surface area contributed by atoms with Crippen molar-refractivity contribution in [2.75, 3.05) is 11.9 Å². The Morgan fingerprint density at radius 1 is 1.05 bits per heavy atom. The molecule has 0 atom stereocenters. The number of halogens is 1. The van der Waals surface area contributed by atoms with E-state index in [1.165, 1.54) is 6.07 Å². The Hall–Kier alpha value is -2.49. The summed E-state index contributed by atoms with van der Waals surface area (Å²) in [5.74, 6) is 0.562. The molecule has 4 heteroatoms. The van der Waals surface area contributed by atoms with Crippen LogP contribution in [0.15, 0.2) is 54.7 Å². The summed E-state index contributed by atoms with van der Waals surface area (Å²) in [5, 5.41) is 13.5. The summed E-state index contributed by atoms with van der Waals surface area (Å²) < 4.78 is 13.1. The first-order chi connectivity index (χ1) is 9.83. The van der Waals surface area contributed by atoms with E-state index in [2.05, 4.69) is 15.5 Å². The number of aromatic nitrogens is 2. The van der Waals surface area contributed by atoms with Gasteiger partial charge in [0, 0.05) is 17.3 Å². The smallest absolute Gasteiger partial charge is 0.156 e. The molecule has 0 saturated heterocycles. The van der Waals surface area contributed by atoms with Gasteiger partial charge in [0.2, 0.25) is 0 Å². The van der Waals surface area contributed by atoms with Gasteiger partial charge < -0.3 is 5.32 Å². The minimum Gasteiger partial charge on any atom is -0.368 e. The maximum absolute atomic E-state index is 13.1. The second-order valence-corrected chi connectivity index (χ2v) is 4.59. The molecule has 3 rings (SSSR count). The first-order valence-corrected chi connectivity index (χ1v) is 6.52. The van der Waals surface area contributed by atoms with Crippen LogP contribution < -0.4 is 5.32 Å². The largest absolute Gasteiger partial charge is 0.368 e. The zero-order chi connectivity index (χ0) is 13.8. The van der Waals surface area contributed by atoms with Crippen molar-refractivity contribution in [1.29, 1.82) is 0 Å². The first-order valence-electron chi connectivity index (χ1n) is 6.52. The molecular weight excluding hydrogens is 253 g/mol. The van der Waals surface area contributed by atoms with Gasteiger partial charge in [0.1, 0.15) is 5.82 Å². The summed E-state index contributed by atoms with van der Waals surface area (Å²) in [4.78, 5) is 0. The summed E-state index contributed by atoms with van der Waals surface area (Å²) in [7, 11) is 0. The van der Waals surface area contributed by atoms with Gasteiger partial charge in [-0.25, -0.2) is 4.39 Å². The van der Waals surface area contributed by atoms with E-state index in [0.717, 1.165) is 28.6 Å². The van der Waals surface area contributed by atoms with Crippen LogP contribution in [0.1, 0.15) is 5.56 Å². The Balaban J connectivity index is 1.71. The molecule has 2 aromatic carbocycles. The molecule has 0 amide bonds. The molecular formula is C16H14FN3. The van der Waals surface area contributed by atoms with Crippen LogP contribution >= 0.6 is 0 Å². The minimum atomic E-state index is -0.201. The second kappa shape index (κ2) is 5.65. The van der Waals surface area contributed by atoms with E-state index in [1.807, 2.05) is 30.3 Å². The summed E-state index contributed by atoms with van der Waals surface area (Å²) in [5.41, 5.74) is 0.964. The lowest BCUT2D eigenvalue weighted by Crippen LogP contribution is -2.07. The molecule has 0 saturated carbocycles. The first kappa shape index (κ1) is 12.5. The van der Waals surface area contributed by atoms with Gasteiger partial charge in [-0.05, 0) is 24.1 Å². The van der Waals surface area contributed by atoms with E-state index in [9.17, 15) is 4.39 Å². The third-order valence-corrected chi connectivity index (χ3v) is 3.17. The van der Waals surface area contributed by atoms with E-state index >= 15 is 0 Å². The number of fused-ring (bicyclic) bond motifs is 1. The van der Waals surface area contributed by atoms with Crippen molar-refractivity contribution < 1.29 is 4.39 Å². The average molecular weight is 267 g/mol. The molecule has 20 heavy (non-hydrogen) atoms. The highest BCUT2D eigenvalue weighted by atomic mass is 19.1. The van der Waals surface area contributed by atoms with E-state index in [0.29, 0.717) is 6.54 Å². The van der Waals surface area contributed by atoms with Gasteiger partial charge in [-0.2, -0.15) is 5.10 Å². The highest BCUT2D eigenvalue weighted by Gasteiger charge is 2.02. The summed E-state index contributed by atoms with van der Waals surface area (Å²) in [6.07, 6.45) is 2.48. The molecule has 100 valence electrons. The zero-order valence-corrected chi connectivity index (χ0v) is 10.9. The fourth-order valence-corrected chi connectivity index (χ4v) is 2.18. The number of nitrogens with one attached hydrogen (secondary N) is 1. The van der Waals surface area contributed by atoms with Gasteiger partial charge >= 0.3 is 0 Å². The van der Waals surface area contributed by atoms with Crippen molar-refractivity contribution in [3.63, 3.8) is 0 Å². The molecule has 0 unspecified atom stereocenters. The number of benzene rings is 2. The standard InChI is InChI=1S/C16H14FN3/c17-14-6-3-4-12(10-14)8-9-18-16-15-7-2-1-5-13(15)11-19-20-16/h1-7,10-11H,8-9H2,(H,18,20). The van der Waals surface area contributed by atoms with Crippen LogP contribution in [0.4, 0.5) is 10.2 Å². The van der Waals surface area contributed by atoms with Crippen molar-refractivity contribution in [2.45, 2.75) is 6.42 Å². The topological polar surface area (TPSA) is 37.8 Å².